The van der Waals surface area contributed by atoms with Crippen molar-refractivity contribution in [3.05, 3.63) is 29.8 Å². The van der Waals surface area contributed by atoms with E-state index in [-0.39, 0.29) is 12.5 Å². The van der Waals surface area contributed by atoms with Crippen molar-refractivity contribution in [3.63, 3.8) is 0 Å². The van der Waals surface area contributed by atoms with Crippen LogP contribution in [-0.2, 0) is 14.3 Å². The van der Waals surface area contributed by atoms with E-state index in [1.54, 1.807) is 31.2 Å². The van der Waals surface area contributed by atoms with Gasteiger partial charge in [-0.25, -0.2) is 4.79 Å². The predicted molar refractivity (Wildman–Crippen MR) is 88.8 cm³/mol. The number of hydrogen-bond acceptors (Lipinski definition) is 5. The Morgan fingerprint density at radius 1 is 1.00 bits per heavy atom. The van der Waals surface area contributed by atoms with Gasteiger partial charge in [-0.15, -0.1) is 0 Å². The molecule has 7 nitrogen and oxygen atoms in total. The van der Waals surface area contributed by atoms with Crippen LogP contribution in [0.4, 0.5) is 0 Å². The van der Waals surface area contributed by atoms with E-state index in [2.05, 4.69) is 17.6 Å². The van der Waals surface area contributed by atoms with Crippen LogP contribution < -0.4 is 15.4 Å². The van der Waals surface area contributed by atoms with Gasteiger partial charge in [0, 0.05) is 6.54 Å². The maximum Gasteiger partial charge on any atom is 0.338 e. The highest BCUT2D eigenvalue weighted by atomic mass is 16.5. The summed E-state index contributed by atoms with van der Waals surface area (Å²) in [4.78, 5) is 34.5. The second kappa shape index (κ2) is 11.0. The third kappa shape index (κ3) is 7.62. The molecular weight excluding hydrogens is 312 g/mol. The number of esters is 1. The first kappa shape index (κ1) is 19.5. The van der Waals surface area contributed by atoms with E-state index in [0.29, 0.717) is 24.5 Å². The van der Waals surface area contributed by atoms with E-state index in [4.69, 9.17) is 9.47 Å². The van der Waals surface area contributed by atoms with Crippen LogP contribution in [0.5, 0.6) is 5.75 Å². The Bertz CT molecular complexity index is 542. The van der Waals surface area contributed by atoms with E-state index >= 15 is 0 Å². The maximum atomic E-state index is 11.8. The van der Waals surface area contributed by atoms with Gasteiger partial charge in [0.15, 0.2) is 6.61 Å². The Balaban J connectivity index is 2.34. The topological polar surface area (TPSA) is 93.7 Å². The first-order valence-corrected chi connectivity index (χ1v) is 8.00. The number of amides is 2. The molecule has 0 atom stereocenters. The number of likely N-dealkylation sites (N-methyl/N-ethyl adjacent to an activating group) is 1. The van der Waals surface area contributed by atoms with Crippen molar-refractivity contribution in [1.82, 2.24) is 10.6 Å². The third-order valence-corrected chi connectivity index (χ3v) is 3.01. The van der Waals surface area contributed by atoms with Crippen molar-refractivity contribution in [2.24, 2.45) is 0 Å². The lowest BCUT2D eigenvalue weighted by atomic mass is 10.2. The molecule has 0 fully saturated rings. The van der Waals surface area contributed by atoms with Gasteiger partial charge in [-0.2, -0.15) is 0 Å². The maximum absolute atomic E-state index is 11.8. The van der Waals surface area contributed by atoms with Gasteiger partial charge in [-0.05, 0) is 37.6 Å². The van der Waals surface area contributed by atoms with Gasteiger partial charge in [0.25, 0.3) is 5.91 Å². The number of nitrogens with one attached hydrogen (secondary N) is 2. The summed E-state index contributed by atoms with van der Waals surface area (Å²) in [6.45, 7) is 4.39. The summed E-state index contributed by atoms with van der Waals surface area (Å²) in [5.41, 5.74) is 0.328. The second-order valence-corrected chi connectivity index (χ2v) is 5.03. The van der Waals surface area contributed by atoms with Crippen LogP contribution in [0.25, 0.3) is 0 Å². The van der Waals surface area contributed by atoms with Crippen LogP contribution in [0.3, 0.4) is 0 Å². The average molecular weight is 336 g/mol. The molecular formula is C17H24N2O5. The van der Waals surface area contributed by atoms with Crippen LogP contribution in [-0.4, -0.2) is 44.1 Å². The number of benzene rings is 1. The van der Waals surface area contributed by atoms with Gasteiger partial charge in [0.1, 0.15) is 5.75 Å². The minimum Gasteiger partial charge on any atom is -0.494 e. The first-order valence-electron chi connectivity index (χ1n) is 8.00. The molecule has 2 amide bonds. The summed E-state index contributed by atoms with van der Waals surface area (Å²) >= 11 is 0. The molecule has 1 rings (SSSR count). The highest BCUT2D eigenvalue weighted by Crippen LogP contribution is 2.13. The summed E-state index contributed by atoms with van der Waals surface area (Å²) in [5, 5.41) is 4.91. The Morgan fingerprint density at radius 2 is 1.71 bits per heavy atom. The third-order valence-electron chi connectivity index (χ3n) is 3.01. The number of ether oxygens (including phenoxy) is 2. The lowest BCUT2D eigenvalue weighted by molar-refractivity contribution is -0.127. The van der Waals surface area contributed by atoms with Gasteiger partial charge >= 0.3 is 5.97 Å². The minimum atomic E-state index is -0.608. The van der Waals surface area contributed by atoms with E-state index < -0.39 is 18.5 Å². The molecule has 1 aromatic rings. The second-order valence-electron chi connectivity index (χ2n) is 5.03. The van der Waals surface area contributed by atoms with Gasteiger partial charge < -0.3 is 20.1 Å². The molecule has 1 aromatic carbocycles. The van der Waals surface area contributed by atoms with E-state index in [1.165, 1.54) is 0 Å². The van der Waals surface area contributed by atoms with Crippen molar-refractivity contribution in [3.8, 4) is 5.75 Å². The molecule has 0 saturated heterocycles. The van der Waals surface area contributed by atoms with E-state index in [0.717, 1.165) is 12.8 Å². The normalized spacial score (nSPS) is 9.92. The van der Waals surface area contributed by atoms with Crippen molar-refractivity contribution in [1.29, 1.82) is 0 Å². The summed E-state index contributed by atoms with van der Waals surface area (Å²) in [6, 6.07) is 6.52. The Morgan fingerprint density at radius 3 is 2.33 bits per heavy atom. The van der Waals surface area contributed by atoms with Crippen molar-refractivity contribution in [2.75, 3.05) is 26.3 Å². The van der Waals surface area contributed by atoms with Crippen LogP contribution in [0.15, 0.2) is 24.3 Å². The number of carbonyl (C=O) groups excluding carboxylic acids is 3. The fourth-order valence-corrected chi connectivity index (χ4v) is 1.73. The molecule has 0 saturated carbocycles. The molecule has 2 N–H and O–H groups in total. The summed E-state index contributed by atoms with van der Waals surface area (Å²) in [7, 11) is 0. The quantitative estimate of drug-likeness (QED) is 0.496. The Hall–Kier alpha value is -2.57. The fourth-order valence-electron chi connectivity index (χ4n) is 1.73. The molecule has 0 unspecified atom stereocenters. The Labute approximate surface area is 141 Å². The number of unbranched alkanes of at least 4 members (excludes halogenated alkanes) is 1. The summed E-state index contributed by atoms with van der Waals surface area (Å²) < 4.78 is 10.4. The Kier molecular flexibility index (Phi) is 8.96. The zero-order valence-corrected chi connectivity index (χ0v) is 14.1. The SMILES string of the molecule is CCCCOc1ccc(C(=O)OCC(=O)NCC(=O)NCC)cc1. The van der Waals surface area contributed by atoms with Crippen molar-refractivity contribution < 1.29 is 23.9 Å². The van der Waals surface area contributed by atoms with Gasteiger partial charge in [0.05, 0.1) is 18.7 Å². The molecule has 0 aliphatic carbocycles. The lowest BCUT2D eigenvalue weighted by Gasteiger charge is -2.08. The lowest BCUT2D eigenvalue weighted by Crippen LogP contribution is -2.38. The first-order chi connectivity index (χ1) is 11.6. The molecule has 0 radical (unpaired) electrons. The van der Waals surface area contributed by atoms with Crippen LogP contribution in [0, 0.1) is 0 Å². The van der Waals surface area contributed by atoms with Crippen LogP contribution in [0.2, 0.25) is 0 Å². The molecule has 0 aromatic heterocycles. The van der Waals surface area contributed by atoms with E-state index in [1.807, 2.05) is 0 Å². The monoisotopic (exact) mass is 336 g/mol. The number of rotatable bonds is 10. The summed E-state index contributed by atoms with van der Waals surface area (Å²) in [5.74, 6) is -0.757. The van der Waals surface area contributed by atoms with Crippen LogP contribution in [0.1, 0.15) is 37.0 Å². The highest BCUT2D eigenvalue weighted by Gasteiger charge is 2.11. The van der Waals surface area contributed by atoms with Crippen molar-refractivity contribution in [2.45, 2.75) is 26.7 Å². The van der Waals surface area contributed by atoms with E-state index in [9.17, 15) is 14.4 Å². The zero-order chi connectivity index (χ0) is 17.8. The van der Waals surface area contributed by atoms with Gasteiger partial charge in [-0.3, -0.25) is 9.59 Å². The fraction of sp³-hybridized carbons (Fsp3) is 0.471. The number of hydrogen-bond donors (Lipinski definition) is 2. The largest absolute Gasteiger partial charge is 0.494 e. The molecule has 0 spiro atoms. The predicted octanol–water partition coefficient (Wildman–Crippen LogP) is 1.27. The van der Waals surface area contributed by atoms with Crippen molar-refractivity contribution >= 4 is 17.8 Å². The minimum absolute atomic E-state index is 0.145. The number of carbonyl (C=O) groups is 3. The molecule has 132 valence electrons. The molecule has 0 aliphatic rings. The molecule has 7 heteroatoms. The average Bonchev–Trinajstić information content (AvgIpc) is 2.59. The molecule has 0 aliphatic heterocycles. The molecule has 0 bridgehead atoms. The van der Waals surface area contributed by atoms with Gasteiger partial charge in [0.2, 0.25) is 5.91 Å². The molecule has 24 heavy (non-hydrogen) atoms. The standard InChI is InChI=1S/C17H24N2O5/c1-3-5-10-23-14-8-6-13(7-9-14)17(22)24-12-16(21)19-11-15(20)18-4-2/h6-9H,3-5,10-12H2,1-2H3,(H,18,20)(H,19,21). The highest BCUT2D eigenvalue weighted by molar-refractivity contribution is 5.92. The van der Waals surface area contributed by atoms with Crippen LogP contribution >= 0.6 is 0 Å². The smallest absolute Gasteiger partial charge is 0.338 e. The molecule has 0 heterocycles. The van der Waals surface area contributed by atoms with Gasteiger partial charge in [-0.1, -0.05) is 13.3 Å². The summed E-state index contributed by atoms with van der Waals surface area (Å²) in [6.07, 6.45) is 2.02. The zero-order valence-electron chi connectivity index (χ0n) is 14.1.